The third-order valence-corrected chi connectivity index (χ3v) is 4.91. The first-order chi connectivity index (χ1) is 13.6. The van der Waals surface area contributed by atoms with Gasteiger partial charge in [0.1, 0.15) is 5.82 Å². The van der Waals surface area contributed by atoms with Gasteiger partial charge in [0.15, 0.2) is 11.5 Å². The van der Waals surface area contributed by atoms with E-state index in [0.717, 1.165) is 24.2 Å². The topological polar surface area (TPSA) is 82.5 Å². The molecule has 28 heavy (non-hydrogen) atoms. The molecule has 0 spiro atoms. The number of carbonyl (C=O) groups excluding carboxylic acids is 1. The van der Waals surface area contributed by atoms with Crippen LogP contribution in [0.2, 0.25) is 0 Å². The molecule has 1 amide bonds. The number of hydrogen-bond acceptors (Lipinski definition) is 5. The highest BCUT2D eigenvalue weighted by Gasteiger charge is 2.16. The van der Waals surface area contributed by atoms with E-state index in [1.165, 1.54) is 0 Å². The van der Waals surface area contributed by atoms with E-state index in [4.69, 9.17) is 9.47 Å². The third-order valence-electron chi connectivity index (χ3n) is 4.91. The number of methoxy groups -OCH3 is 2. The molecule has 144 valence electrons. The smallest absolute Gasteiger partial charge is 0.261 e. The van der Waals surface area contributed by atoms with Crippen molar-refractivity contribution in [3.8, 4) is 11.5 Å². The van der Waals surface area contributed by atoms with E-state index in [-0.39, 0.29) is 17.9 Å². The summed E-state index contributed by atoms with van der Waals surface area (Å²) in [4.78, 5) is 29.7. The van der Waals surface area contributed by atoms with E-state index in [1.807, 2.05) is 6.07 Å². The van der Waals surface area contributed by atoms with Gasteiger partial charge in [0.25, 0.3) is 5.56 Å². The lowest BCUT2D eigenvalue weighted by atomic mass is 10.1. The van der Waals surface area contributed by atoms with Crippen LogP contribution in [0.15, 0.2) is 41.2 Å². The molecule has 0 saturated heterocycles. The molecule has 1 N–H and O–H groups in total. The van der Waals surface area contributed by atoms with Crippen LogP contribution in [-0.2, 0) is 24.2 Å². The number of aromatic nitrogens is 2. The third kappa shape index (κ3) is 3.31. The number of fused-ring (bicyclic) bond motifs is 2. The van der Waals surface area contributed by atoms with E-state index in [2.05, 4.69) is 10.3 Å². The SMILES string of the molecule is COc1ccc(CC(=O)Nc2ccc3nc4n(c(=O)c3c2)CCC4)cc1OC. The van der Waals surface area contributed by atoms with Crippen molar-refractivity contribution in [1.29, 1.82) is 0 Å². The van der Waals surface area contributed by atoms with E-state index in [9.17, 15) is 9.59 Å². The Kier molecular flexibility index (Phi) is 4.73. The second-order valence-electron chi connectivity index (χ2n) is 6.73. The Morgan fingerprint density at radius 3 is 2.75 bits per heavy atom. The quantitative estimate of drug-likeness (QED) is 0.737. The lowest BCUT2D eigenvalue weighted by Gasteiger charge is -2.10. The van der Waals surface area contributed by atoms with Gasteiger partial charge in [0.2, 0.25) is 5.91 Å². The van der Waals surface area contributed by atoms with Crippen LogP contribution in [0.3, 0.4) is 0 Å². The van der Waals surface area contributed by atoms with Gasteiger partial charge in [-0.05, 0) is 42.3 Å². The van der Waals surface area contributed by atoms with Crippen LogP contribution in [0.5, 0.6) is 11.5 Å². The summed E-state index contributed by atoms with van der Waals surface area (Å²) in [5, 5.41) is 3.38. The molecule has 2 aromatic carbocycles. The van der Waals surface area contributed by atoms with Gasteiger partial charge in [-0.3, -0.25) is 14.2 Å². The van der Waals surface area contributed by atoms with Gasteiger partial charge in [-0.2, -0.15) is 0 Å². The summed E-state index contributed by atoms with van der Waals surface area (Å²) in [5.41, 5.74) is 2.00. The van der Waals surface area contributed by atoms with Crippen molar-refractivity contribution in [2.75, 3.05) is 19.5 Å². The van der Waals surface area contributed by atoms with Gasteiger partial charge in [0, 0.05) is 18.7 Å². The fourth-order valence-electron chi connectivity index (χ4n) is 3.54. The molecular formula is C21H21N3O4. The van der Waals surface area contributed by atoms with Crippen molar-refractivity contribution in [2.24, 2.45) is 0 Å². The van der Waals surface area contributed by atoms with Crippen LogP contribution in [0.4, 0.5) is 5.69 Å². The number of aryl methyl sites for hydroxylation is 1. The van der Waals surface area contributed by atoms with Crippen molar-refractivity contribution in [1.82, 2.24) is 9.55 Å². The maximum absolute atomic E-state index is 12.7. The summed E-state index contributed by atoms with van der Waals surface area (Å²) in [7, 11) is 3.12. The molecule has 1 aliphatic rings. The highest BCUT2D eigenvalue weighted by atomic mass is 16.5. The Morgan fingerprint density at radius 2 is 1.96 bits per heavy atom. The normalized spacial score (nSPS) is 12.6. The lowest BCUT2D eigenvalue weighted by molar-refractivity contribution is -0.115. The predicted octanol–water partition coefficient (Wildman–Crippen LogP) is 2.54. The maximum atomic E-state index is 12.7. The minimum absolute atomic E-state index is 0.0477. The molecule has 0 atom stereocenters. The molecular weight excluding hydrogens is 358 g/mol. The van der Waals surface area contributed by atoms with Crippen LogP contribution in [-0.4, -0.2) is 29.7 Å². The van der Waals surface area contributed by atoms with Gasteiger partial charge in [-0.25, -0.2) is 4.98 Å². The van der Waals surface area contributed by atoms with Gasteiger partial charge >= 0.3 is 0 Å². The summed E-state index contributed by atoms with van der Waals surface area (Å²) in [5.74, 6) is 1.84. The van der Waals surface area contributed by atoms with Gasteiger partial charge in [0.05, 0.1) is 31.5 Å². The average molecular weight is 379 g/mol. The molecule has 7 nitrogen and oxygen atoms in total. The Balaban J connectivity index is 1.55. The summed E-state index contributed by atoms with van der Waals surface area (Å²) in [6.07, 6.45) is 1.95. The van der Waals surface area contributed by atoms with Crippen molar-refractivity contribution in [3.63, 3.8) is 0 Å². The highest BCUT2D eigenvalue weighted by molar-refractivity contribution is 5.94. The van der Waals surface area contributed by atoms with Gasteiger partial charge in [-0.15, -0.1) is 0 Å². The predicted molar refractivity (Wildman–Crippen MR) is 106 cm³/mol. The molecule has 1 aliphatic heterocycles. The van der Waals surface area contributed by atoms with Crippen molar-refractivity contribution in [2.45, 2.75) is 25.8 Å². The summed E-state index contributed by atoms with van der Waals surface area (Å²) in [6.45, 7) is 0.701. The molecule has 1 aromatic heterocycles. The van der Waals surface area contributed by atoms with Crippen LogP contribution in [0, 0.1) is 0 Å². The zero-order valence-electron chi connectivity index (χ0n) is 15.8. The summed E-state index contributed by atoms with van der Waals surface area (Å²) in [6, 6.07) is 10.6. The summed E-state index contributed by atoms with van der Waals surface area (Å²) >= 11 is 0. The number of benzene rings is 2. The molecule has 3 aromatic rings. The maximum Gasteiger partial charge on any atom is 0.261 e. The molecule has 0 saturated carbocycles. The number of anilines is 1. The average Bonchev–Trinajstić information content (AvgIpc) is 3.17. The number of carbonyl (C=O) groups is 1. The van der Waals surface area contributed by atoms with Crippen molar-refractivity contribution >= 4 is 22.5 Å². The van der Waals surface area contributed by atoms with E-state index in [1.54, 1.807) is 49.1 Å². The molecule has 0 aliphatic carbocycles. The number of amides is 1. The van der Waals surface area contributed by atoms with Crippen LogP contribution in [0.1, 0.15) is 17.8 Å². The van der Waals surface area contributed by atoms with E-state index >= 15 is 0 Å². The van der Waals surface area contributed by atoms with Gasteiger partial charge < -0.3 is 14.8 Å². The molecule has 4 rings (SSSR count). The van der Waals surface area contributed by atoms with Crippen LogP contribution >= 0.6 is 0 Å². The lowest BCUT2D eigenvalue weighted by Crippen LogP contribution is -2.21. The second-order valence-corrected chi connectivity index (χ2v) is 6.73. The zero-order chi connectivity index (χ0) is 19.7. The first-order valence-corrected chi connectivity index (χ1v) is 9.13. The number of rotatable bonds is 5. The molecule has 0 bridgehead atoms. The largest absolute Gasteiger partial charge is 0.493 e. The minimum atomic E-state index is -0.180. The summed E-state index contributed by atoms with van der Waals surface area (Å²) < 4.78 is 12.2. The fraction of sp³-hybridized carbons (Fsp3) is 0.286. The number of ether oxygens (including phenoxy) is 2. The Labute approximate surface area is 161 Å². The monoisotopic (exact) mass is 379 g/mol. The molecule has 0 radical (unpaired) electrons. The van der Waals surface area contributed by atoms with Crippen molar-refractivity contribution in [3.05, 3.63) is 58.1 Å². The van der Waals surface area contributed by atoms with Crippen molar-refractivity contribution < 1.29 is 14.3 Å². The highest BCUT2D eigenvalue weighted by Crippen LogP contribution is 2.28. The van der Waals surface area contributed by atoms with Crippen LogP contribution in [0.25, 0.3) is 10.9 Å². The van der Waals surface area contributed by atoms with Crippen LogP contribution < -0.4 is 20.3 Å². The van der Waals surface area contributed by atoms with Gasteiger partial charge in [-0.1, -0.05) is 6.07 Å². The Morgan fingerprint density at radius 1 is 1.14 bits per heavy atom. The second kappa shape index (κ2) is 7.34. The Hall–Kier alpha value is -3.35. The number of nitrogens with one attached hydrogen (secondary N) is 1. The fourth-order valence-corrected chi connectivity index (χ4v) is 3.54. The van der Waals surface area contributed by atoms with E-state index in [0.29, 0.717) is 34.6 Å². The first kappa shape index (κ1) is 18.0. The molecule has 0 unspecified atom stereocenters. The minimum Gasteiger partial charge on any atom is -0.493 e. The van der Waals surface area contributed by atoms with E-state index < -0.39 is 0 Å². The Bertz CT molecular complexity index is 1120. The molecule has 0 fully saturated rings. The zero-order valence-corrected chi connectivity index (χ0v) is 15.8. The standard InChI is InChI=1S/C21H21N3O4/c1-27-17-8-5-13(10-18(17)28-2)11-20(25)22-14-6-7-16-15(12-14)21(26)24-9-3-4-19(24)23-16/h5-8,10,12H,3-4,9,11H2,1-2H3,(H,22,25). The molecule has 7 heteroatoms. The molecule has 2 heterocycles. The first-order valence-electron chi connectivity index (χ1n) is 9.13. The number of nitrogens with zero attached hydrogens (tertiary/aromatic N) is 2. The number of hydrogen-bond donors (Lipinski definition) is 1.